The highest BCUT2D eigenvalue weighted by atomic mass is 32.1. The van der Waals surface area contributed by atoms with Crippen molar-refractivity contribution in [2.24, 2.45) is 0 Å². The van der Waals surface area contributed by atoms with Crippen LogP contribution in [0.5, 0.6) is 0 Å². The average Bonchev–Trinajstić information content (AvgIpc) is 2.75. The maximum absolute atomic E-state index is 12.9. The third kappa shape index (κ3) is 6.12. The van der Waals surface area contributed by atoms with Crippen LogP contribution in [0.4, 0.5) is 0 Å². The smallest absolute Gasteiger partial charge is 0.253 e. The molecule has 0 fully saturated rings. The molecule has 164 valence electrons. The molecule has 0 radical (unpaired) electrons. The van der Waals surface area contributed by atoms with E-state index in [1.807, 2.05) is 36.2 Å². The minimum absolute atomic E-state index is 0.0761. The molecule has 3 rings (SSSR count). The molecule has 7 heteroatoms. The van der Waals surface area contributed by atoms with Crippen LogP contribution in [-0.4, -0.2) is 52.1 Å². The van der Waals surface area contributed by atoms with Gasteiger partial charge in [0.2, 0.25) is 0 Å². The van der Waals surface area contributed by atoms with Gasteiger partial charge < -0.3 is 20.1 Å². The van der Waals surface area contributed by atoms with Gasteiger partial charge in [0.1, 0.15) is 0 Å². The number of hydrogen-bond acceptors (Lipinski definition) is 4. The largest absolute Gasteiger partial charge is 0.363 e. The molecule has 0 aliphatic carbocycles. The predicted molar refractivity (Wildman–Crippen MR) is 131 cm³/mol. The van der Waals surface area contributed by atoms with Gasteiger partial charge >= 0.3 is 0 Å². The van der Waals surface area contributed by atoms with Crippen molar-refractivity contribution in [3.8, 4) is 0 Å². The molecule has 2 N–H and O–H groups in total. The van der Waals surface area contributed by atoms with Crippen molar-refractivity contribution >= 4 is 28.2 Å². The van der Waals surface area contributed by atoms with Crippen molar-refractivity contribution in [1.29, 1.82) is 0 Å². The minimum atomic E-state index is -0.0761. The predicted octanol–water partition coefficient (Wildman–Crippen LogP) is 3.37. The lowest BCUT2D eigenvalue weighted by atomic mass is 10.0. The van der Waals surface area contributed by atoms with Crippen LogP contribution < -0.4 is 10.9 Å². The fourth-order valence-corrected chi connectivity index (χ4v) is 3.74. The zero-order valence-electron chi connectivity index (χ0n) is 18.7. The van der Waals surface area contributed by atoms with Crippen LogP contribution in [-0.2, 0) is 13.1 Å². The second-order valence-corrected chi connectivity index (χ2v) is 8.59. The Labute approximate surface area is 189 Å². The first kappa shape index (κ1) is 22.9. The molecule has 2 aromatic heterocycles. The van der Waals surface area contributed by atoms with Gasteiger partial charge in [0.05, 0.1) is 12.1 Å². The van der Waals surface area contributed by atoms with Crippen LogP contribution in [0.1, 0.15) is 28.7 Å². The number of H-pyrrole nitrogens is 1. The Morgan fingerprint density at radius 2 is 2.00 bits per heavy atom. The zero-order chi connectivity index (χ0) is 22.4. The van der Waals surface area contributed by atoms with Crippen LogP contribution in [0, 0.1) is 13.8 Å². The second-order valence-electron chi connectivity index (χ2n) is 8.20. The molecule has 0 saturated heterocycles. The van der Waals surface area contributed by atoms with E-state index in [-0.39, 0.29) is 5.56 Å². The summed E-state index contributed by atoms with van der Waals surface area (Å²) in [5, 5.41) is 5.02. The Balaban J connectivity index is 1.83. The van der Waals surface area contributed by atoms with Gasteiger partial charge in [0.25, 0.3) is 5.56 Å². The number of aromatic amines is 1. The van der Waals surface area contributed by atoms with Gasteiger partial charge in [-0.05, 0) is 87.3 Å². The van der Waals surface area contributed by atoms with Gasteiger partial charge in [-0.15, -0.1) is 0 Å². The first-order valence-electron chi connectivity index (χ1n) is 10.5. The fraction of sp³-hybridized carbons (Fsp3) is 0.375. The van der Waals surface area contributed by atoms with Crippen LogP contribution in [0.3, 0.4) is 0 Å². The summed E-state index contributed by atoms with van der Waals surface area (Å²) in [7, 11) is 4.12. The van der Waals surface area contributed by atoms with Crippen molar-refractivity contribution in [2.75, 3.05) is 27.2 Å². The van der Waals surface area contributed by atoms with Gasteiger partial charge in [0.15, 0.2) is 5.11 Å². The third-order valence-corrected chi connectivity index (χ3v) is 5.83. The molecule has 0 unspecified atom stereocenters. The number of thiocarbonyl (C=S) groups is 1. The Morgan fingerprint density at radius 3 is 2.71 bits per heavy atom. The molecule has 0 aliphatic heterocycles. The summed E-state index contributed by atoms with van der Waals surface area (Å²) >= 11 is 5.70. The van der Waals surface area contributed by atoms with E-state index in [1.165, 1.54) is 0 Å². The number of aromatic nitrogens is 2. The Hall–Kier alpha value is -2.77. The van der Waals surface area contributed by atoms with Crippen molar-refractivity contribution < 1.29 is 0 Å². The van der Waals surface area contributed by atoms with Crippen molar-refractivity contribution in [3.05, 3.63) is 75.3 Å². The van der Waals surface area contributed by atoms with Gasteiger partial charge in [-0.2, -0.15) is 0 Å². The number of hydrogen-bond donors (Lipinski definition) is 2. The van der Waals surface area contributed by atoms with E-state index in [1.54, 1.807) is 6.20 Å². The van der Waals surface area contributed by atoms with E-state index in [2.05, 4.69) is 53.3 Å². The lowest BCUT2D eigenvalue weighted by Gasteiger charge is -2.26. The van der Waals surface area contributed by atoms with E-state index < -0.39 is 0 Å². The molecule has 31 heavy (non-hydrogen) atoms. The lowest BCUT2D eigenvalue weighted by molar-refractivity contribution is 0.383. The summed E-state index contributed by atoms with van der Waals surface area (Å²) < 4.78 is 0. The summed E-state index contributed by atoms with van der Waals surface area (Å²) in [4.78, 5) is 24.3. The molecule has 3 aromatic rings. The minimum Gasteiger partial charge on any atom is -0.363 e. The Morgan fingerprint density at radius 1 is 1.19 bits per heavy atom. The van der Waals surface area contributed by atoms with Gasteiger partial charge in [-0.3, -0.25) is 9.78 Å². The molecule has 0 atom stereocenters. The molecule has 6 nitrogen and oxygen atoms in total. The molecule has 0 bridgehead atoms. The first-order chi connectivity index (χ1) is 14.8. The topological polar surface area (TPSA) is 64.3 Å². The molecule has 2 heterocycles. The van der Waals surface area contributed by atoms with E-state index in [4.69, 9.17) is 12.2 Å². The van der Waals surface area contributed by atoms with Crippen molar-refractivity contribution in [3.63, 3.8) is 0 Å². The summed E-state index contributed by atoms with van der Waals surface area (Å²) in [6.45, 7) is 6.87. The second kappa shape index (κ2) is 10.5. The molecular weight excluding hydrogens is 406 g/mol. The number of benzene rings is 1. The monoisotopic (exact) mass is 437 g/mol. The van der Waals surface area contributed by atoms with Crippen LogP contribution >= 0.6 is 12.2 Å². The summed E-state index contributed by atoms with van der Waals surface area (Å²) in [5.41, 5.74) is 4.83. The zero-order valence-corrected chi connectivity index (χ0v) is 19.6. The summed E-state index contributed by atoms with van der Waals surface area (Å²) in [6.07, 6.45) is 4.57. The number of nitrogens with one attached hydrogen (secondary N) is 2. The number of rotatable bonds is 8. The average molecular weight is 438 g/mol. The highest BCUT2D eigenvalue weighted by Gasteiger charge is 2.15. The molecule has 0 amide bonds. The van der Waals surface area contributed by atoms with E-state index in [0.29, 0.717) is 23.8 Å². The summed E-state index contributed by atoms with van der Waals surface area (Å²) in [5.74, 6) is 0. The number of fused-ring (bicyclic) bond motifs is 1. The highest BCUT2D eigenvalue weighted by molar-refractivity contribution is 7.80. The van der Waals surface area contributed by atoms with Crippen molar-refractivity contribution in [1.82, 2.24) is 25.1 Å². The van der Waals surface area contributed by atoms with Gasteiger partial charge in [-0.25, -0.2) is 0 Å². The fourth-order valence-electron chi connectivity index (χ4n) is 3.51. The summed E-state index contributed by atoms with van der Waals surface area (Å²) in [6, 6.07) is 10.1. The quantitative estimate of drug-likeness (QED) is 0.416. The van der Waals surface area contributed by atoms with Gasteiger partial charge in [-0.1, -0.05) is 18.2 Å². The maximum atomic E-state index is 12.9. The van der Waals surface area contributed by atoms with E-state index in [0.717, 1.165) is 47.1 Å². The van der Waals surface area contributed by atoms with E-state index >= 15 is 0 Å². The first-order valence-corrected chi connectivity index (χ1v) is 10.9. The van der Waals surface area contributed by atoms with Crippen molar-refractivity contribution in [2.45, 2.75) is 33.4 Å². The molecule has 1 aromatic carbocycles. The normalized spacial score (nSPS) is 11.1. The SMILES string of the molecule is Cc1ccc2cc(CN(Cc3cccnc3)C(=S)NCCCN(C)C)c(=O)[nH]c2c1C. The Bertz CT molecular complexity index is 1090. The van der Waals surface area contributed by atoms with E-state index in [9.17, 15) is 4.79 Å². The number of nitrogens with zero attached hydrogens (tertiary/aromatic N) is 3. The number of aryl methyl sites for hydroxylation is 2. The number of pyridine rings is 2. The van der Waals surface area contributed by atoms with Crippen LogP contribution in [0.15, 0.2) is 47.5 Å². The lowest BCUT2D eigenvalue weighted by Crippen LogP contribution is -2.40. The highest BCUT2D eigenvalue weighted by Crippen LogP contribution is 2.19. The van der Waals surface area contributed by atoms with Gasteiger partial charge in [0, 0.05) is 31.0 Å². The molecular formula is C24H31N5OS. The Kier molecular flexibility index (Phi) is 7.76. The third-order valence-electron chi connectivity index (χ3n) is 5.43. The maximum Gasteiger partial charge on any atom is 0.253 e. The van der Waals surface area contributed by atoms with Crippen LogP contribution in [0.25, 0.3) is 10.9 Å². The molecule has 0 spiro atoms. The standard InChI is InChI=1S/C24H31N5OS/c1-17-8-9-20-13-21(23(30)27-22(20)18(17)2)16-29(15-19-7-5-10-25-14-19)24(31)26-11-6-12-28(3)4/h5,7-10,13-14H,6,11-12,15-16H2,1-4H3,(H,26,31)(H,27,30). The molecule has 0 aliphatic rings. The van der Waals surface area contributed by atoms with Crippen LogP contribution in [0.2, 0.25) is 0 Å². The molecule has 0 saturated carbocycles.